The van der Waals surface area contributed by atoms with Crippen molar-refractivity contribution in [2.24, 2.45) is 0 Å². The number of nitrogens with one attached hydrogen (secondary N) is 1. The first-order chi connectivity index (χ1) is 8.81. The average molecular weight is 249 g/mol. The fourth-order valence-electron chi connectivity index (χ4n) is 1.70. The van der Waals surface area contributed by atoms with Gasteiger partial charge in [0.2, 0.25) is 0 Å². The molecule has 0 aliphatic heterocycles. The quantitative estimate of drug-likeness (QED) is 0.794. The van der Waals surface area contributed by atoms with Gasteiger partial charge in [0.25, 0.3) is 0 Å². The molecule has 0 aliphatic carbocycles. The maximum Gasteiger partial charge on any atom is 0.169 e. The van der Waals surface area contributed by atoms with Crippen LogP contribution in [0, 0.1) is 5.82 Å². The molecule has 1 N–H and O–H groups in total. The third-order valence-electron chi connectivity index (χ3n) is 2.66. The van der Waals surface area contributed by atoms with Crippen LogP contribution in [0.3, 0.4) is 0 Å². The molecule has 0 spiro atoms. The lowest BCUT2D eigenvalue weighted by atomic mass is 10.2. The van der Waals surface area contributed by atoms with Crippen LogP contribution in [0.5, 0.6) is 5.75 Å². The Balaban J connectivity index is 1.83. The lowest BCUT2D eigenvalue weighted by molar-refractivity contribution is 0.383. The molecule has 0 fully saturated rings. The van der Waals surface area contributed by atoms with Crippen molar-refractivity contribution in [1.82, 2.24) is 15.1 Å². The summed E-state index contributed by atoms with van der Waals surface area (Å²) in [6.07, 6.45) is 3.63. The minimum Gasteiger partial charge on any atom is -0.494 e. The van der Waals surface area contributed by atoms with Crippen LogP contribution in [0.15, 0.2) is 36.7 Å². The van der Waals surface area contributed by atoms with E-state index in [9.17, 15) is 4.39 Å². The number of ether oxygens (including phenoxy) is 1. The molecule has 0 saturated heterocycles. The maximum absolute atomic E-state index is 13.8. The van der Waals surface area contributed by atoms with E-state index >= 15 is 0 Å². The van der Waals surface area contributed by atoms with E-state index in [0.29, 0.717) is 12.1 Å². The first-order valence-electron chi connectivity index (χ1n) is 5.81. The Morgan fingerprint density at radius 3 is 3.00 bits per heavy atom. The number of nitrogens with zero attached hydrogens (tertiary/aromatic N) is 2. The fraction of sp³-hybridized carbons (Fsp3) is 0.308. The Kier molecular flexibility index (Phi) is 4.30. The predicted molar refractivity (Wildman–Crippen MR) is 66.9 cm³/mol. The standard InChI is InChI=1S/C13H16FN3O/c1-18-12-5-2-4-11(13(12)14)10-15-7-9-17-8-3-6-16-17/h2-6,8,15H,7,9-10H2,1H3. The van der Waals surface area contributed by atoms with Crippen molar-refractivity contribution in [3.8, 4) is 5.75 Å². The summed E-state index contributed by atoms with van der Waals surface area (Å²) in [6, 6.07) is 7.02. The highest BCUT2D eigenvalue weighted by Gasteiger charge is 2.07. The van der Waals surface area contributed by atoms with Gasteiger partial charge in [-0.3, -0.25) is 4.68 Å². The molecule has 1 aromatic heterocycles. The van der Waals surface area contributed by atoms with Crippen LogP contribution in [0.1, 0.15) is 5.56 Å². The van der Waals surface area contributed by atoms with Gasteiger partial charge >= 0.3 is 0 Å². The number of benzene rings is 1. The van der Waals surface area contributed by atoms with Crippen LogP contribution in [-0.4, -0.2) is 23.4 Å². The van der Waals surface area contributed by atoms with E-state index in [0.717, 1.165) is 13.1 Å². The first kappa shape index (κ1) is 12.6. The Labute approximate surface area is 105 Å². The van der Waals surface area contributed by atoms with Gasteiger partial charge in [-0.1, -0.05) is 12.1 Å². The summed E-state index contributed by atoms with van der Waals surface area (Å²) >= 11 is 0. The number of methoxy groups -OCH3 is 1. The predicted octanol–water partition coefficient (Wildman–Crippen LogP) is 1.82. The van der Waals surface area contributed by atoms with Crippen LogP contribution in [0.25, 0.3) is 0 Å². The third-order valence-corrected chi connectivity index (χ3v) is 2.66. The van der Waals surface area contributed by atoms with Gasteiger partial charge in [-0.25, -0.2) is 4.39 Å². The summed E-state index contributed by atoms with van der Waals surface area (Å²) in [5.74, 6) is -0.0204. The second kappa shape index (κ2) is 6.16. The van der Waals surface area contributed by atoms with E-state index in [4.69, 9.17) is 4.74 Å². The van der Waals surface area contributed by atoms with Crippen molar-refractivity contribution >= 4 is 0 Å². The van der Waals surface area contributed by atoms with E-state index in [1.165, 1.54) is 7.11 Å². The average Bonchev–Trinajstić information content (AvgIpc) is 2.89. The van der Waals surface area contributed by atoms with Crippen molar-refractivity contribution in [3.05, 3.63) is 48.0 Å². The maximum atomic E-state index is 13.8. The van der Waals surface area contributed by atoms with E-state index in [1.807, 2.05) is 16.9 Å². The van der Waals surface area contributed by atoms with Crippen LogP contribution in [-0.2, 0) is 13.1 Å². The van der Waals surface area contributed by atoms with Crippen molar-refractivity contribution in [2.45, 2.75) is 13.1 Å². The largest absolute Gasteiger partial charge is 0.494 e. The molecule has 4 nitrogen and oxygen atoms in total. The molecule has 5 heteroatoms. The van der Waals surface area contributed by atoms with Gasteiger partial charge in [-0.05, 0) is 12.1 Å². The summed E-state index contributed by atoms with van der Waals surface area (Å²) in [5, 5.41) is 7.26. The summed E-state index contributed by atoms with van der Waals surface area (Å²) in [5.41, 5.74) is 0.606. The van der Waals surface area contributed by atoms with Crippen LogP contribution >= 0.6 is 0 Å². The number of halogens is 1. The van der Waals surface area contributed by atoms with Gasteiger partial charge in [0.05, 0.1) is 13.7 Å². The van der Waals surface area contributed by atoms with Gasteiger partial charge in [0.1, 0.15) is 0 Å². The molecule has 0 atom stereocenters. The molecular formula is C13H16FN3O. The van der Waals surface area contributed by atoms with E-state index < -0.39 is 0 Å². The zero-order chi connectivity index (χ0) is 12.8. The Morgan fingerprint density at radius 1 is 1.39 bits per heavy atom. The molecule has 1 aromatic carbocycles. The SMILES string of the molecule is COc1cccc(CNCCn2cccn2)c1F. The van der Waals surface area contributed by atoms with Crippen molar-refractivity contribution in [2.75, 3.05) is 13.7 Å². The van der Waals surface area contributed by atoms with Gasteiger partial charge in [0, 0.05) is 31.0 Å². The zero-order valence-electron chi connectivity index (χ0n) is 10.3. The number of aromatic nitrogens is 2. The second-order valence-electron chi connectivity index (χ2n) is 3.88. The Bertz CT molecular complexity index is 485. The molecule has 0 saturated carbocycles. The van der Waals surface area contributed by atoms with Gasteiger partial charge in [-0.2, -0.15) is 5.10 Å². The molecule has 0 amide bonds. The summed E-state index contributed by atoms with van der Waals surface area (Å²) in [7, 11) is 1.47. The fourth-order valence-corrected chi connectivity index (χ4v) is 1.70. The van der Waals surface area contributed by atoms with Crippen LogP contribution in [0.4, 0.5) is 4.39 Å². The highest BCUT2D eigenvalue weighted by atomic mass is 19.1. The third kappa shape index (κ3) is 3.07. The normalized spacial score (nSPS) is 10.6. The van der Waals surface area contributed by atoms with Crippen molar-refractivity contribution < 1.29 is 9.13 Å². The molecule has 2 aromatic rings. The minimum absolute atomic E-state index is 0.279. The topological polar surface area (TPSA) is 39.1 Å². The second-order valence-corrected chi connectivity index (χ2v) is 3.88. The molecule has 0 aliphatic rings. The first-order valence-corrected chi connectivity index (χ1v) is 5.81. The molecule has 0 bridgehead atoms. The van der Waals surface area contributed by atoms with Crippen LogP contribution in [0.2, 0.25) is 0 Å². The van der Waals surface area contributed by atoms with Gasteiger partial charge in [0.15, 0.2) is 11.6 Å². The highest BCUT2D eigenvalue weighted by molar-refractivity contribution is 5.30. The van der Waals surface area contributed by atoms with E-state index in [-0.39, 0.29) is 11.6 Å². The molecule has 0 unspecified atom stereocenters. The van der Waals surface area contributed by atoms with E-state index in [2.05, 4.69) is 10.4 Å². The monoisotopic (exact) mass is 249 g/mol. The Hall–Kier alpha value is -1.88. The molecule has 1 heterocycles. The minimum atomic E-state index is -0.299. The van der Waals surface area contributed by atoms with Crippen molar-refractivity contribution in [3.63, 3.8) is 0 Å². The Morgan fingerprint density at radius 2 is 2.28 bits per heavy atom. The number of rotatable bonds is 6. The summed E-state index contributed by atoms with van der Waals surface area (Å²) in [4.78, 5) is 0. The summed E-state index contributed by atoms with van der Waals surface area (Å²) < 4.78 is 20.6. The van der Waals surface area contributed by atoms with E-state index in [1.54, 1.807) is 24.4 Å². The summed E-state index contributed by atoms with van der Waals surface area (Å²) in [6.45, 7) is 1.97. The molecular weight excluding hydrogens is 233 g/mol. The molecule has 18 heavy (non-hydrogen) atoms. The van der Waals surface area contributed by atoms with Crippen molar-refractivity contribution in [1.29, 1.82) is 0 Å². The lowest BCUT2D eigenvalue weighted by Gasteiger charge is -2.08. The van der Waals surface area contributed by atoms with Crippen LogP contribution < -0.4 is 10.1 Å². The smallest absolute Gasteiger partial charge is 0.169 e. The van der Waals surface area contributed by atoms with Gasteiger partial charge < -0.3 is 10.1 Å². The molecule has 2 rings (SSSR count). The highest BCUT2D eigenvalue weighted by Crippen LogP contribution is 2.19. The molecule has 0 radical (unpaired) electrons. The number of hydrogen-bond donors (Lipinski definition) is 1. The number of hydrogen-bond acceptors (Lipinski definition) is 3. The zero-order valence-corrected chi connectivity index (χ0v) is 10.3. The lowest BCUT2D eigenvalue weighted by Crippen LogP contribution is -2.20. The van der Waals surface area contributed by atoms with Gasteiger partial charge in [-0.15, -0.1) is 0 Å². The molecule has 96 valence electrons.